The first-order valence-corrected chi connectivity index (χ1v) is 17.3. The normalized spacial score (nSPS) is 11.5. The third-order valence-corrected chi connectivity index (χ3v) is 9.91. The van der Waals surface area contributed by atoms with Gasteiger partial charge in [-0.25, -0.2) is 13.1 Å². The maximum atomic E-state index is 13.8. The van der Waals surface area contributed by atoms with Crippen LogP contribution in [0, 0.1) is 24.0 Å². The van der Waals surface area contributed by atoms with Crippen molar-refractivity contribution >= 4 is 61.4 Å². The van der Waals surface area contributed by atoms with Gasteiger partial charge in [0.2, 0.25) is 0 Å². The van der Waals surface area contributed by atoms with E-state index in [-0.39, 0.29) is 35.1 Å². The van der Waals surface area contributed by atoms with E-state index in [2.05, 4.69) is 20.2 Å². The molecule has 0 aliphatic heterocycles. The summed E-state index contributed by atoms with van der Waals surface area (Å²) in [6, 6.07) is 20.5. The molecule has 0 radical (unpaired) electrons. The zero-order chi connectivity index (χ0) is 35.7. The Balaban J connectivity index is 1.26. The fraction of sp³-hybridized carbons (Fsp3) is 0.147. The molecule has 16 heteroatoms. The van der Waals surface area contributed by atoms with Gasteiger partial charge in [-0.15, -0.1) is 0 Å². The Morgan fingerprint density at radius 2 is 1.66 bits per heavy atom. The van der Waals surface area contributed by atoms with Gasteiger partial charge in [0, 0.05) is 34.7 Å². The van der Waals surface area contributed by atoms with Crippen molar-refractivity contribution in [2.24, 2.45) is 7.05 Å². The molecule has 0 spiro atoms. The Labute approximate surface area is 296 Å². The standard InChI is InChI=1S/C34H29Cl2N7O6S/c1-20-14-26(15-21(2)32(20)36)49-25-7-4-22(5-8-25)19-42-33(28-10-6-23(35)16-29(28)39-42)34(44)40-50(47,48)27-9-11-31(43(45)46)30(17-27)37-18-24-12-13-41(3)38-24/h4-17,37H,18-19H2,1-3H3,(H,40,44). The molecule has 0 bridgehead atoms. The van der Waals surface area contributed by atoms with E-state index >= 15 is 0 Å². The molecule has 0 aliphatic carbocycles. The molecule has 6 aromatic rings. The molecule has 2 aromatic heterocycles. The second-order valence-electron chi connectivity index (χ2n) is 11.5. The topological polar surface area (TPSA) is 163 Å². The molecule has 1 amide bonds. The van der Waals surface area contributed by atoms with Crippen LogP contribution >= 0.6 is 23.2 Å². The number of hydrogen-bond acceptors (Lipinski definition) is 9. The summed E-state index contributed by atoms with van der Waals surface area (Å²) in [6.07, 6.45) is 1.71. The summed E-state index contributed by atoms with van der Waals surface area (Å²) in [7, 11) is -2.79. The first kappa shape index (κ1) is 34.4. The molecule has 0 unspecified atom stereocenters. The quantitative estimate of drug-likeness (QED) is 0.104. The molecule has 0 aliphatic rings. The molecule has 4 aromatic carbocycles. The van der Waals surface area contributed by atoms with Gasteiger partial charge in [0.25, 0.3) is 21.6 Å². The number of sulfonamides is 1. The average Bonchev–Trinajstić information content (AvgIpc) is 3.65. The molecule has 50 heavy (non-hydrogen) atoms. The highest BCUT2D eigenvalue weighted by atomic mass is 35.5. The molecule has 13 nitrogen and oxygen atoms in total. The Kier molecular flexibility index (Phi) is 9.51. The Morgan fingerprint density at radius 1 is 0.940 bits per heavy atom. The van der Waals surface area contributed by atoms with E-state index in [9.17, 15) is 23.3 Å². The zero-order valence-corrected chi connectivity index (χ0v) is 29.2. The van der Waals surface area contributed by atoms with Crippen LogP contribution in [0.1, 0.15) is 32.9 Å². The number of hydrogen-bond donors (Lipinski definition) is 2. The SMILES string of the molecule is Cc1cc(Oc2ccc(Cn3nc4cc(Cl)ccc4c3C(=O)NS(=O)(=O)c3ccc([N+](=O)[O-])c(NCc4ccn(C)n4)c3)cc2)cc(C)c1Cl. The lowest BCUT2D eigenvalue weighted by Gasteiger charge is -2.12. The summed E-state index contributed by atoms with van der Waals surface area (Å²) in [4.78, 5) is 24.5. The summed E-state index contributed by atoms with van der Waals surface area (Å²) in [5.41, 5.74) is 3.06. The number of aryl methyl sites for hydroxylation is 3. The van der Waals surface area contributed by atoms with Crippen molar-refractivity contribution in [1.82, 2.24) is 24.3 Å². The van der Waals surface area contributed by atoms with Gasteiger partial charge in [0.15, 0.2) is 0 Å². The molecule has 0 saturated heterocycles. The lowest BCUT2D eigenvalue weighted by molar-refractivity contribution is -0.384. The highest BCUT2D eigenvalue weighted by molar-refractivity contribution is 7.90. The van der Waals surface area contributed by atoms with Gasteiger partial charge in [-0.2, -0.15) is 10.2 Å². The van der Waals surface area contributed by atoms with Crippen molar-refractivity contribution in [2.45, 2.75) is 31.8 Å². The van der Waals surface area contributed by atoms with E-state index in [1.807, 2.05) is 26.0 Å². The number of rotatable bonds is 11. The fourth-order valence-electron chi connectivity index (χ4n) is 5.35. The lowest BCUT2D eigenvalue weighted by Crippen LogP contribution is -2.32. The van der Waals surface area contributed by atoms with Gasteiger partial charge in [0.05, 0.1) is 34.1 Å². The van der Waals surface area contributed by atoms with Gasteiger partial charge in [-0.05, 0) is 91.2 Å². The Bertz CT molecular complexity index is 2370. The van der Waals surface area contributed by atoms with Crippen LogP contribution in [0.4, 0.5) is 11.4 Å². The van der Waals surface area contributed by atoms with Crippen LogP contribution in [-0.2, 0) is 30.2 Å². The van der Waals surface area contributed by atoms with Crippen LogP contribution in [0.25, 0.3) is 10.9 Å². The number of anilines is 1. The molecular weight excluding hydrogens is 705 g/mol. The molecule has 2 heterocycles. The summed E-state index contributed by atoms with van der Waals surface area (Å²) >= 11 is 12.5. The number of amides is 1. The van der Waals surface area contributed by atoms with E-state index in [1.165, 1.54) is 4.68 Å². The maximum absolute atomic E-state index is 13.8. The zero-order valence-electron chi connectivity index (χ0n) is 26.8. The number of carbonyl (C=O) groups is 1. The summed E-state index contributed by atoms with van der Waals surface area (Å²) in [5.74, 6) is 0.259. The number of aromatic nitrogens is 4. The van der Waals surface area contributed by atoms with E-state index in [4.69, 9.17) is 27.9 Å². The molecule has 0 saturated carbocycles. The second-order valence-corrected chi connectivity index (χ2v) is 14.0. The second kappa shape index (κ2) is 13.8. The molecule has 0 fully saturated rings. The average molecular weight is 735 g/mol. The largest absolute Gasteiger partial charge is 0.457 e. The molecule has 2 N–H and O–H groups in total. The number of nitro benzene ring substituents is 1. The smallest absolute Gasteiger partial charge is 0.292 e. The highest BCUT2D eigenvalue weighted by Gasteiger charge is 2.27. The number of halogens is 2. The monoisotopic (exact) mass is 733 g/mol. The minimum Gasteiger partial charge on any atom is -0.457 e. The number of fused-ring (bicyclic) bond motifs is 1. The summed E-state index contributed by atoms with van der Waals surface area (Å²) in [6.45, 7) is 4.00. The van der Waals surface area contributed by atoms with E-state index in [0.29, 0.717) is 38.1 Å². The predicted octanol–water partition coefficient (Wildman–Crippen LogP) is 7.17. The number of ether oxygens (including phenoxy) is 1. The van der Waals surface area contributed by atoms with E-state index < -0.39 is 20.9 Å². The van der Waals surface area contributed by atoms with Gasteiger partial charge < -0.3 is 10.1 Å². The number of nitrogens with zero attached hydrogens (tertiary/aromatic N) is 5. The first-order valence-electron chi connectivity index (χ1n) is 15.0. The van der Waals surface area contributed by atoms with Gasteiger partial charge in [-0.3, -0.25) is 24.3 Å². The maximum Gasteiger partial charge on any atom is 0.292 e. The van der Waals surface area contributed by atoms with Gasteiger partial charge in [0.1, 0.15) is 22.9 Å². The van der Waals surface area contributed by atoms with Gasteiger partial charge >= 0.3 is 0 Å². The summed E-state index contributed by atoms with van der Waals surface area (Å²) < 4.78 is 38.2. The van der Waals surface area contributed by atoms with E-state index in [0.717, 1.165) is 34.9 Å². The number of nitro groups is 1. The van der Waals surface area contributed by atoms with Crippen LogP contribution < -0.4 is 14.8 Å². The van der Waals surface area contributed by atoms with Crippen molar-refractivity contribution in [1.29, 1.82) is 0 Å². The third-order valence-electron chi connectivity index (χ3n) is 7.75. The Morgan fingerprint density at radius 3 is 2.32 bits per heavy atom. The van der Waals surface area contributed by atoms with Crippen LogP contribution in [0.15, 0.2) is 90.0 Å². The fourth-order valence-corrected chi connectivity index (χ4v) is 6.61. The highest BCUT2D eigenvalue weighted by Crippen LogP contribution is 2.31. The van der Waals surface area contributed by atoms with Crippen molar-refractivity contribution in [2.75, 3.05) is 5.32 Å². The molecule has 256 valence electrons. The number of carbonyl (C=O) groups excluding carboxylic acids is 1. The molecule has 0 atom stereocenters. The van der Waals surface area contributed by atoms with Crippen molar-refractivity contribution in [3.05, 3.63) is 133 Å². The van der Waals surface area contributed by atoms with Crippen LogP contribution in [0.5, 0.6) is 11.5 Å². The minimum absolute atomic E-state index is 0.0249. The van der Waals surface area contributed by atoms with Crippen LogP contribution in [-0.4, -0.2) is 38.8 Å². The van der Waals surface area contributed by atoms with Crippen molar-refractivity contribution < 1.29 is 22.9 Å². The van der Waals surface area contributed by atoms with E-state index in [1.54, 1.807) is 66.5 Å². The number of nitrogens with one attached hydrogen (secondary N) is 2. The molecule has 6 rings (SSSR count). The van der Waals surface area contributed by atoms with Crippen LogP contribution in [0.2, 0.25) is 10.0 Å². The van der Waals surface area contributed by atoms with Crippen LogP contribution in [0.3, 0.4) is 0 Å². The lowest BCUT2D eigenvalue weighted by atomic mass is 10.1. The van der Waals surface area contributed by atoms with Gasteiger partial charge in [-0.1, -0.05) is 35.3 Å². The first-order chi connectivity index (χ1) is 23.8. The summed E-state index contributed by atoms with van der Waals surface area (Å²) in [5, 5.41) is 24.8. The van der Waals surface area contributed by atoms with Crippen molar-refractivity contribution in [3.63, 3.8) is 0 Å². The molecular formula is C34H29Cl2N7O6S. The number of benzene rings is 4. The van der Waals surface area contributed by atoms with Crippen molar-refractivity contribution in [3.8, 4) is 11.5 Å². The third kappa shape index (κ3) is 7.42. The predicted molar refractivity (Wildman–Crippen MR) is 190 cm³/mol. The Hall–Kier alpha value is -5.44. The minimum atomic E-state index is -4.51.